The van der Waals surface area contributed by atoms with E-state index >= 15 is 0 Å². The maximum atomic E-state index is 12.5. The Morgan fingerprint density at radius 3 is 2.73 bits per heavy atom. The van der Waals surface area contributed by atoms with Gasteiger partial charge in [-0.15, -0.1) is 36.2 Å². The van der Waals surface area contributed by atoms with Gasteiger partial charge in [0, 0.05) is 36.6 Å². The number of halogens is 2. The number of benzene rings is 1. The number of amides is 1. The van der Waals surface area contributed by atoms with Crippen molar-refractivity contribution >= 4 is 42.1 Å². The van der Waals surface area contributed by atoms with Crippen LogP contribution in [0.3, 0.4) is 0 Å². The minimum atomic E-state index is 0. The molecule has 1 fully saturated rings. The van der Waals surface area contributed by atoms with E-state index in [9.17, 15) is 4.79 Å². The number of carbonyl (C=O) groups is 1. The van der Waals surface area contributed by atoms with E-state index in [1.54, 1.807) is 0 Å². The molecule has 0 spiro atoms. The van der Waals surface area contributed by atoms with Gasteiger partial charge >= 0.3 is 0 Å². The Balaban J connectivity index is 0.00000121. The van der Waals surface area contributed by atoms with Crippen LogP contribution >= 0.6 is 36.2 Å². The lowest BCUT2D eigenvalue weighted by Crippen LogP contribution is -2.52. The number of thiazole rings is 1. The lowest BCUT2D eigenvalue weighted by atomic mass is 10.2. The molecule has 2 aromatic rings. The van der Waals surface area contributed by atoms with Crippen molar-refractivity contribution in [3.05, 3.63) is 41.4 Å². The lowest BCUT2D eigenvalue weighted by Gasteiger charge is -2.33. The number of nitrogens with zero attached hydrogens (tertiary/aromatic N) is 2. The molecule has 3 rings (SSSR count). The van der Waals surface area contributed by atoms with Crippen molar-refractivity contribution in [2.24, 2.45) is 0 Å². The Morgan fingerprint density at radius 2 is 2.05 bits per heavy atom. The molecule has 0 unspecified atom stereocenters. The second kappa shape index (κ2) is 8.48. The minimum Gasteiger partial charge on any atom is -0.332 e. The highest BCUT2D eigenvalue weighted by atomic mass is 35.5. The van der Waals surface area contributed by atoms with Crippen LogP contribution in [0.25, 0.3) is 10.6 Å². The summed E-state index contributed by atoms with van der Waals surface area (Å²) in [6.07, 6.45) is 0. The van der Waals surface area contributed by atoms with Crippen molar-refractivity contribution < 1.29 is 4.79 Å². The van der Waals surface area contributed by atoms with E-state index in [-0.39, 0.29) is 36.8 Å². The van der Waals surface area contributed by atoms with Crippen LogP contribution in [0.1, 0.15) is 17.4 Å². The number of hydrogen-bond acceptors (Lipinski definition) is 4. The number of hydrogen-bond donors (Lipinski definition) is 1. The monoisotopic (exact) mass is 359 g/mol. The standard InChI is InChI=1S/C15H17N3OS.2ClH/c1-11-9-16-7-8-18(11)15(19)13-10-20-14(17-13)12-5-3-2-4-6-12;;/h2-6,10-11,16H,7-9H2,1H3;2*1H/t11-;;/m0../s1. The van der Waals surface area contributed by atoms with Gasteiger partial charge < -0.3 is 10.2 Å². The fourth-order valence-corrected chi connectivity index (χ4v) is 3.18. The molecule has 1 aliphatic heterocycles. The maximum absolute atomic E-state index is 12.5. The van der Waals surface area contributed by atoms with Gasteiger partial charge in [-0.25, -0.2) is 4.98 Å². The topological polar surface area (TPSA) is 45.2 Å². The molecular formula is C15H19Cl2N3OS. The Morgan fingerprint density at radius 1 is 1.32 bits per heavy atom. The Labute approximate surface area is 146 Å². The summed E-state index contributed by atoms with van der Waals surface area (Å²) < 4.78 is 0. The summed E-state index contributed by atoms with van der Waals surface area (Å²) in [7, 11) is 0. The number of rotatable bonds is 2. The summed E-state index contributed by atoms with van der Waals surface area (Å²) in [6.45, 7) is 4.51. The van der Waals surface area contributed by atoms with Gasteiger partial charge in [0.15, 0.2) is 0 Å². The molecule has 2 heterocycles. The summed E-state index contributed by atoms with van der Waals surface area (Å²) in [5.41, 5.74) is 1.62. The van der Waals surface area contributed by atoms with Crippen LogP contribution in [0.4, 0.5) is 0 Å². The first-order valence-electron chi connectivity index (χ1n) is 6.78. The lowest BCUT2D eigenvalue weighted by molar-refractivity contribution is 0.0650. The van der Waals surface area contributed by atoms with Gasteiger partial charge in [0.05, 0.1) is 0 Å². The number of nitrogens with one attached hydrogen (secondary N) is 1. The largest absolute Gasteiger partial charge is 0.332 e. The average molecular weight is 360 g/mol. The minimum absolute atomic E-state index is 0. The van der Waals surface area contributed by atoms with Crippen molar-refractivity contribution in [2.45, 2.75) is 13.0 Å². The molecule has 1 atom stereocenters. The summed E-state index contributed by atoms with van der Waals surface area (Å²) in [4.78, 5) is 18.9. The molecule has 0 bridgehead atoms. The van der Waals surface area contributed by atoms with Gasteiger partial charge in [-0.3, -0.25) is 4.79 Å². The first-order chi connectivity index (χ1) is 9.75. The second-order valence-electron chi connectivity index (χ2n) is 4.96. The molecule has 4 nitrogen and oxygen atoms in total. The molecule has 0 saturated carbocycles. The van der Waals surface area contributed by atoms with Crippen LogP contribution in [-0.2, 0) is 0 Å². The number of piperazine rings is 1. The third-order valence-corrected chi connectivity index (χ3v) is 4.40. The fraction of sp³-hybridized carbons (Fsp3) is 0.333. The summed E-state index contributed by atoms with van der Waals surface area (Å²) in [6, 6.07) is 10.2. The van der Waals surface area contributed by atoms with Crippen LogP contribution in [0.2, 0.25) is 0 Å². The van der Waals surface area contributed by atoms with E-state index in [2.05, 4.69) is 17.2 Å². The highest BCUT2D eigenvalue weighted by Crippen LogP contribution is 2.24. The van der Waals surface area contributed by atoms with Gasteiger partial charge in [0.25, 0.3) is 5.91 Å². The van der Waals surface area contributed by atoms with Crippen molar-refractivity contribution in [2.75, 3.05) is 19.6 Å². The molecule has 0 radical (unpaired) electrons. The molecule has 7 heteroatoms. The molecule has 1 saturated heterocycles. The SMILES string of the molecule is C[C@H]1CNCCN1C(=O)c1csc(-c2ccccc2)n1.Cl.Cl. The van der Waals surface area contributed by atoms with E-state index in [0.29, 0.717) is 5.69 Å². The molecular weight excluding hydrogens is 341 g/mol. The van der Waals surface area contributed by atoms with E-state index in [0.717, 1.165) is 30.2 Å². The molecule has 0 aliphatic carbocycles. The molecule has 120 valence electrons. The molecule has 1 amide bonds. The zero-order valence-electron chi connectivity index (χ0n) is 12.2. The van der Waals surface area contributed by atoms with Crippen molar-refractivity contribution in [3.8, 4) is 10.6 Å². The molecule has 1 N–H and O–H groups in total. The van der Waals surface area contributed by atoms with E-state index < -0.39 is 0 Å². The van der Waals surface area contributed by atoms with Gasteiger partial charge in [-0.2, -0.15) is 0 Å². The van der Waals surface area contributed by atoms with Crippen LogP contribution in [0.15, 0.2) is 35.7 Å². The molecule has 1 aliphatic rings. The van der Waals surface area contributed by atoms with E-state index in [1.165, 1.54) is 11.3 Å². The Hall–Kier alpha value is -1.14. The predicted molar refractivity (Wildman–Crippen MR) is 95.4 cm³/mol. The summed E-state index contributed by atoms with van der Waals surface area (Å²) in [5, 5.41) is 6.05. The van der Waals surface area contributed by atoms with Crippen LogP contribution < -0.4 is 5.32 Å². The van der Waals surface area contributed by atoms with Crippen molar-refractivity contribution in [1.29, 1.82) is 0 Å². The highest BCUT2D eigenvalue weighted by Gasteiger charge is 2.25. The fourth-order valence-electron chi connectivity index (χ4n) is 2.38. The normalized spacial score (nSPS) is 17.3. The smallest absolute Gasteiger partial charge is 0.273 e. The molecule has 22 heavy (non-hydrogen) atoms. The van der Waals surface area contributed by atoms with Crippen LogP contribution in [0, 0.1) is 0 Å². The quantitative estimate of drug-likeness (QED) is 0.895. The number of aromatic nitrogens is 1. The third-order valence-electron chi connectivity index (χ3n) is 3.51. The molecule has 1 aromatic carbocycles. The van der Waals surface area contributed by atoms with Gasteiger partial charge in [-0.1, -0.05) is 30.3 Å². The molecule has 1 aromatic heterocycles. The van der Waals surface area contributed by atoms with Crippen LogP contribution in [0.5, 0.6) is 0 Å². The van der Waals surface area contributed by atoms with E-state index in [4.69, 9.17) is 0 Å². The first kappa shape index (κ1) is 18.9. The Bertz CT molecular complexity index is 606. The number of carbonyl (C=O) groups excluding carboxylic acids is 1. The zero-order valence-corrected chi connectivity index (χ0v) is 14.6. The summed E-state index contributed by atoms with van der Waals surface area (Å²) >= 11 is 1.52. The maximum Gasteiger partial charge on any atom is 0.273 e. The zero-order chi connectivity index (χ0) is 13.9. The predicted octanol–water partition coefficient (Wildman–Crippen LogP) is 3.09. The van der Waals surface area contributed by atoms with Crippen molar-refractivity contribution in [1.82, 2.24) is 15.2 Å². The van der Waals surface area contributed by atoms with Crippen molar-refractivity contribution in [3.63, 3.8) is 0 Å². The Kier molecular flexibility index (Phi) is 7.29. The van der Waals surface area contributed by atoms with Gasteiger partial charge in [0.1, 0.15) is 10.7 Å². The van der Waals surface area contributed by atoms with Crippen LogP contribution in [-0.4, -0.2) is 41.5 Å². The average Bonchev–Trinajstić information content (AvgIpc) is 2.98. The van der Waals surface area contributed by atoms with Gasteiger partial charge in [-0.05, 0) is 6.92 Å². The first-order valence-corrected chi connectivity index (χ1v) is 7.66. The van der Waals surface area contributed by atoms with Gasteiger partial charge in [0.2, 0.25) is 0 Å². The highest BCUT2D eigenvalue weighted by molar-refractivity contribution is 7.13. The van der Waals surface area contributed by atoms with E-state index in [1.807, 2.05) is 40.6 Å². The second-order valence-corrected chi connectivity index (χ2v) is 5.81. The summed E-state index contributed by atoms with van der Waals surface area (Å²) in [5.74, 6) is 0.0393. The third kappa shape index (κ3) is 3.98.